The van der Waals surface area contributed by atoms with Gasteiger partial charge >= 0.3 is 0 Å². The number of halogens is 1. The zero-order valence-electron chi connectivity index (χ0n) is 13.4. The van der Waals surface area contributed by atoms with Gasteiger partial charge in [0.25, 0.3) is 0 Å². The maximum Gasteiger partial charge on any atom is 0.227 e. The summed E-state index contributed by atoms with van der Waals surface area (Å²) >= 11 is 0. The lowest BCUT2D eigenvalue weighted by molar-refractivity contribution is -0.117. The minimum atomic E-state index is -0.209. The molecule has 2 aliphatic rings. The van der Waals surface area contributed by atoms with Crippen molar-refractivity contribution >= 4 is 11.6 Å². The van der Waals surface area contributed by atoms with Gasteiger partial charge in [-0.25, -0.2) is 14.4 Å². The number of anilines is 1. The highest BCUT2D eigenvalue weighted by Gasteiger charge is 2.47. The van der Waals surface area contributed by atoms with Crippen molar-refractivity contribution < 1.29 is 9.18 Å². The van der Waals surface area contributed by atoms with Gasteiger partial charge in [0.2, 0.25) is 5.91 Å². The third-order valence-electron chi connectivity index (χ3n) is 5.02. The molecule has 0 aliphatic carbocycles. The van der Waals surface area contributed by atoms with Crippen molar-refractivity contribution in [2.45, 2.75) is 19.4 Å². The SMILES string of the molecule is O=C1CC2(CCN(Cc3ccc(F)cc3)C2)CN1c1cncnc1. The predicted molar refractivity (Wildman–Crippen MR) is 87.7 cm³/mol. The molecule has 124 valence electrons. The van der Waals surface area contributed by atoms with Crippen molar-refractivity contribution in [2.75, 3.05) is 24.5 Å². The Morgan fingerprint density at radius 2 is 1.88 bits per heavy atom. The fourth-order valence-electron chi connectivity index (χ4n) is 3.85. The third kappa shape index (κ3) is 2.89. The summed E-state index contributed by atoms with van der Waals surface area (Å²) in [5.74, 6) is -0.0628. The van der Waals surface area contributed by atoms with Gasteiger partial charge in [0, 0.05) is 31.5 Å². The minimum Gasteiger partial charge on any atom is -0.309 e. The molecule has 2 aliphatic heterocycles. The van der Waals surface area contributed by atoms with E-state index in [9.17, 15) is 9.18 Å². The average molecular weight is 326 g/mol. The Morgan fingerprint density at radius 1 is 1.12 bits per heavy atom. The molecule has 2 fully saturated rings. The molecule has 1 unspecified atom stereocenters. The summed E-state index contributed by atoms with van der Waals surface area (Å²) in [6.07, 6.45) is 6.43. The van der Waals surface area contributed by atoms with Gasteiger partial charge in [-0.2, -0.15) is 0 Å². The summed E-state index contributed by atoms with van der Waals surface area (Å²) in [4.78, 5) is 24.6. The number of hydrogen-bond acceptors (Lipinski definition) is 4. The van der Waals surface area contributed by atoms with Crippen molar-refractivity contribution in [3.63, 3.8) is 0 Å². The van der Waals surface area contributed by atoms with Crippen LogP contribution in [0.5, 0.6) is 0 Å². The van der Waals surface area contributed by atoms with Gasteiger partial charge in [0.1, 0.15) is 12.1 Å². The maximum atomic E-state index is 13.0. The molecule has 2 aromatic rings. The molecule has 5 nitrogen and oxygen atoms in total. The quantitative estimate of drug-likeness (QED) is 0.868. The van der Waals surface area contributed by atoms with E-state index in [1.165, 1.54) is 18.5 Å². The highest BCUT2D eigenvalue weighted by atomic mass is 19.1. The first-order valence-electron chi connectivity index (χ1n) is 8.16. The predicted octanol–water partition coefficient (Wildman–Crippen LogP) is 2.24. The van der Waals surface area contributed by atoms with Gasteiger partial charge in [0.15, 0.2) is 0 Å². The van der Waals surface area contributed by atoms with Crippen LogP contribution in [0.3, 0.4) is 0 Å². The standard InChI is InChI=1S/C18H19FN4O/c19-15-3-1-14(2-4-15)10-22-6-5-18(11-22)7-17(24)23(12-18)16-8-20-13-21-9-16/h1-4,8-9,13H,5-7,10-12H2. The van der Waals surface area contributed by atoms with E-state index in [1.807, 2.05) is 12.1 Å². The van der Waals surface area contributed by atoms with Crippen LogP contribution < -0.4 is 4.90 Å². The average Bonchev–Trinajstić information content (AvgIpc) is 3.13. The fraction of sp³-hybridized carbons (Fsp3) is 0.389. The number of nitrogens with zero attached hydrogens (tertiary/aromatic N) is 4. The van der Waals surface area contributed by atoms with Crippen molar-refractivity contribution in [1.29, 1.82) is 0 Å². The van der Waals surface area contributed by atoms with Crippen LogP contribution in [-0.4, -0.2) is 40.4 Å². The molecule has 1 aromatic carbocycles. The second-order valence-electron chi connectivity index (χ2n) is 6.84. The Morgan fingerprint density at radius 3 is 2.62 bits per heavy atom. The van der Waals surface area contributed by atoms with E-state index in [0.717, 1.165) is 43.9 Å². The minimum absolute atomic E-state index is 0.00690. The van der Waals surface area contributed by atoms with Crippen LogP contribution in [-0.2, 0) is 11.3 Å². The Kier molecular flexibility index (Phi) is 3.76. The van der Waals surface area contributed by atoms with E-state index in [1.54, 1.807) is 17.3 Å². The number of hydrogen-bond donors (Lipinski definition) is 0. The number of carbonyl (C=O) groups is 1. The monoisotopic (exact) mass is 326 g/mol. The lowest BCUT2D eigenvalue weighted by Gasteiger charge is -2.24. The Bertz CT molecular complexity index is 736. The summed E-state index contributed by atoms with van der Waals surface area (Å²) < 4.78 is 13.0. The van der Waals surface area contributed by atoms with Crippen molar-refractivity contribution in [2.24, 2.45) is 5.41 Å². The molecule has 24 heavy (non-hydrogen) atoms. The summed E-state index contributed by atoms with van der Waals surface area (Å²) in [5, 5.41) is 0. The molecular formula is C18H19FN4O. The largest absolute Gasteiger partial charge is 0.309 e. The van der Waals surface area contributed by atoms with Crippen molar-refractivity contribution in [3.05, 3.63) is 54.4 Å². The molecule has 6 heteroatoms. The number of rotatable bonds is 3. The summed E-state index contributed by atoms with van der Waals surface area (Å²) in [5.41, 5.74) is 1.88. The molecule has 0 N–H and O–H groups in total. The van der Waals surface area contributed by atoms with Crippen LogP contribution in [0.1, 0.15) is 18.4 Å². The van der Waals surface area contributed by atoms with Gasteiger partial charge < -0.3 is 4.90 Å². The summed E-state index contributed by atoms with van der Waals surface area (Å²) in [6, 6.07) is 6.65. The smallest absolute Gasteiger partial charge is 0.227 e. The van der Waals surface area contributed by atoms with Crippen molar-refractivity contribution in [3.8, 4) is 0 Å². The second kappa shape index (κ2) is 5.94. The molecule has 1 aromatic heterocycles. The first-order valence-corrected chi connectivity index (χ1v) is 8.16. The van der Waals surface area contributed by atoms with Crippen LogP contribution in [0.2, 0.25) is 0 Å². The van der Waals surface area contributed by atoms with E-state index >= 15 is 0 Å². The molecule has 0 radical (unpaired) electrons. The molecule has 1 amide bonds. The molecule has 2 saturated heterocycles. The molecule has 1 spiro atoms. The highest BCUT2D eigenvalue weighted by Crippen LogP contribution is 2.41. The van der Waals surface area contributed by atoms with Gasteiger partial charge in [-0.1, -0.05) is 12.1 Å². The normalized spacial score (nSPS) is 24.2. The molecule has 4 rings (SSSR count). The number of likely N-dealkylation sites (tertiary alicyclic amines) is 1. The van der Waals surface area contributed by atoms with Crippen molar-refractivity contribution in [1.82, 2.24) is 14.9 Å². The Balaban J connectivity index is 1.44. The van der Waals surface area contributed by atoms with E-state index in [0.29, 0.717) is 6.42 Å². The number of carbonyl (C=O) groups excluding carboxylic acids is 1. The molecular weight excluding hydrogens is 307 g/mol. The van der Waals surface area contributed by atoms with E-state index < -0.39 is 0 Å². The van der Waals surface area contributed by atoms with Crippen LogP contribution in [0.4, 0.5) is 10.1 Å². The van der Waals surface area contributed by atoms with E-state index in [4.69, 9.17) is 0 Å². The Labute approximate surface area is 140 Å². The van der Waals surface area contributed by atoms with E-state index in [-0.39, 0.29) is 17.1 Å². The maximum absolute atomic E-state index is 13.0. The zero-order valence-corrected chi connectivity index (χ0v) is 13.4. The first-order chi connectivity index (χ1) is 11.6. The molecule has 1 atom stereocenters. The summed E-state index contributed by atoms with van der Waals surface area (Å²) in [6.45, 7) is 3.37. The lowest BCUT2D eigenvalue weighted by Crippen LogP contribution is -2.31. The zero-order chi connectivity index (χ0) is 16.6. The van der Waals surface area contributed by atoms with E-state index in [2.05, 4.69) is 14.9 Å². The van der Waals surface area contributed by atoms with Gasteiger partial charge in [-0.05, 0) is 30.7 Å². The van der Waals surface area contributed by atoms with Crippen LogP contribution in [0.25, 0.3) is 0 Å². The number of aromatic nitrogens is 2. The van der Waals surface area contributed by atoms with Crippen LogP contribution in [0, 0.1) is 11.2 Å². The first kappa shape index (κ1) is 15.2. The molecule has 0 saturated carbocycles. The van der Waals surface area contributed by atoms with Crippen LogP contribution in [0.15, 0.2) is 43.0 Å². The number of amides is 1. The topological polar surface area (TPSA) is 49.3 Å². The summed E-state index contributed by atoms with van der Waals surface area (Å²) in [7, 11) is 0. The fourth-order valence-corrected chi connectivity index (χ4v) is 3.85. The van der Waals surface area contributed by atoms with Gasteiger partial charge in [-0.3, -0.25) is 9.69 Å². The molecule has 3 heterocycles. The highest BCUT2D eigenvalue weighted by molar-refractivity contribution is 5.96. The third-order valence-corrected chi connectivity index (χ3v) is 5.02. The second-order valence-corrected chi connectivity index (χ2v) is 6.84. The lowest BCUT2D eigenvalue weighted by atomic mass is 9.86. The number of benzene rings is 1. The van der Waals surface area contributed by atoms with Crippen LogP contribution >= 0.6 is 0 Å². The Hall–Kier alpha value is -2.34. The van der Waals surface area contributed by atoms with Gasteiger partial charge in [0.05, 0.1) is 18.1 Å². The molecule has 0 bridgehead atoms. The van der Waals surface area contributed by atoms with Gasteiger partial charge in [-0.15, -0.1) is 0 Å².